The number of anilines is 3. The molecule has 0 aromatic heterocycles. The second kappa shape index (κ2) is 26.7. The van der Waals surface area contributed by atoms with E-state index in [0.29, 0.717) is 106 Å². The molecule has 19 nitrogen and oxygen atoms in total. The van der Waals surface area contributed by atoms with Crippen LogP contribution in [0.4, 0.5) is 17.1 Å². The lowest BCUT2D eigenvalue weighted by molar-refractivity contribution is -0.121. The molecule has 0 heterocycles. The lowest BCUT2D eigenvalue weighted by Gasteiger charge is -2.28. The van der Waals surface area contributed by atoms with Crippen LogP contribution in [0.5, 0.6) is 0 Å². The molecule has 8 N–H and O–H groups in total. The first-order valence-electron chi connectivity index (χ1n) is 23.7. The molecule has 0 saturated carbocycles. The van der Waals surface area contributed by atoms with E-state index in [2.05, 4.69) is 26.6 Å². The second-order valence-corrected chi connectivity index (χ2v) is 23.0. The Morgan fingerprint density at radius 3 is 1.41 bits per heavy atom. The molecule has 0 saturated heterocycles. The Morgan fingerprint density at radius 2 is 1.03 bits per heavy atom. The number of carbonyl (C=O) groups excluding carboxylic acids is 4. The first-order chi connectivity index (χ1) is 32.9. The third-order valence-electron chi connectivity index (χ3n) is 11.7. The quantitative estimate of drug-likeness (QED) is 0.0147. The van der Waals surface area contributed by atoms with Gasteiger partial charge in [-0.25, -0.2) is 0 Å². The van der Waals surface area contributed by atoms with E-state index >= 15 is 0 Å². The predicted octanol–water partition coefficient (Wildman–Crippen LogP) is 5.25. The third-order valence-corrected chi connectivity index (χ3v) is 18.8. The van der Waals surface area contributed by atoms with Gasteiger partial charge in [0.05, 0.1) is 35.6 Å². The maximum Gasteiger partial charge on any atom is 0.500 e. The third kappa shape index (κ3) is 14.6. The van der Waals surface area contributed by atoms with Gasteiger partial charge in [-0.1, -0.05) is 24.3 Å². The summed E-state index contributed by atoms with van der Waals surface area (Å²) in [7, 11) is -10.7. The van der Waals surface area contributed by atoms with Crippen molar-refractivity contribution >= 4 is 68.2 Å². The van der Waals surface area contributed by atoms with Crippen LogP contribution in [0, 0.1) is 20.8 Å². The number of hydrogen-bond acceptors (Lipinski definition) is 16. The molecular formula is C47H72N6O13SSi2. The van der Waals surface area contributed by atoms with E-state index in [1.807, 2.05) is 48.5 Å². The first-order valence-corrected chi connectivity index (χ1v) is 29.0. The van der Waals surface area contributed by atoms with Crippen LogP contribution in [0.2, 0.25) is 12.1 Å². The molecule has 4 rings (SSSR count). The van der Waals surface area contributed by atoms with Gasteiger partial charge in [0.15, 0.2) is 11.6 Å². The van der Waals surface area contributed by atoms with Crippen molar-refractivity contribution in [3.8, 4) is 0 Å². The predicted molar refractivity (Wildman–Crippen MR) is 267 cm³/mol. The normalized spacial score (nSPS) is 12.8. The molecule has 0 spiro atoms. The number of nitrogen functional groups attached to an aromatic ring is 1. The van der Waals surface area contributed by atoms with Gasteiger partial charge in [0.2, 0.25) is 11.8 Å². The monoisotopic (exact) mass is 1020 g/mol. The summed E-state index contributed by atoms with van der Waals surface area (Å²) in [6.45, 7) is 20.8. The Kier molecular flexibility index (Phi) is 22.1. The van der Waals surface area contributed by atoms with Gasteiger partial charge in [0.25, 0.3) is 10.1 Å². The van der Waals surface area contributed by atoms with Crippen LogP contribution in [0.1, 0.15) is 114 Å². The Balaban J connectivity index is 1.64. The highest BCUT2D eigenvalue weighted by molar-refractivity contribution is 7.86. The van der Waals surface area contributed by atoms with E-state index in [4.69, 9.17) is 32.3 Å². The molecule has 1 aliphatic carbocycles. The van der Waals surface area contributed by atoms with Crippen LogP contribution in [0.25, 0.3) is 0 Å². The summed E-state index contributed by atoms with van der Waals surface area (Å²) in [5.41, 5.74) is 9.02. The van der Waals surface area contributed by atoms with Crippen LogP contribution in [-0.2, 0) is 59.4 Å². The molecule has 3 aromatic rings. The highest BCUT2D eigenvalue weighted by Crippen LogP contribution is 2.42. The van der Waals surface area contributed by atoms with E-state index in [0.717, 1.165) is 11.6 Å². The molecule has 0 atom stereocenters. The number of nitrogens with two attached hydrogens (primary N) is 1. The standard InChI is InChI=1S/C47H72N6O13SSi2/c1-10-61-68(62-11-2,63-12-3)24-18-22-49-29-40(54)51-27-36-31(7)37(28-52-41(55)30-50-23-19-25-69(64-13-4,65-14-5)66-15-6)33(9)45(32(36)8)53-38-26-39(67(58,59)60)44(48)43-42(38)46(56)34-20-16-17-21-35(34)47(43)57/h16-17,20-21,26,49-50,53H,10-15,18-19,22-25,27-30,48H2,1-9H3,(H,51,54)(H,52,55)(H,58,59,60). The lowest BCUT2D eigenvalue weighted by atomic mass is 9.82. The maximum absolute atomic E-state index is 14.2. The van der Waals surface area contributed by atoms with Crippen molar-refractivity contribution in [1.82, 2.24) is 21.3 Å². The van der Waals surface area contributed by atoms with E-state index in [9.17, 15) is 32.1 Å². The van der Waals surface area contributed by atoms with Crippen molar-refractivity contribution in [1.29, 1.82) is 0 Å². The fourth-order valence-corrected chi connectivity index (χ4v) is 14.4. The number of fused-ring (bicyclic) bond motifs is 2. The zero-order valence-electron chi connectivity index (χ0n) is 41.5. The molecule has 382 valence electrons. The summed E-state index contributed by atoms with van der Waals surface area (Å²) in [6.07, 6.45) is 1.31. The van der Waals surface area contributed by atoms with Crippen molar-refractivity contribution in [2.45, 2.75) is 105 Å². The lowest BCUT2D eigenvalue weighted by Crippen LogP contribution is -2.46. The van der Waals surface area contributed by atoms with E-state index < -0.39 is 49.9 Å². The highest BCUT2D eigenvalue weighted by Gasteiger charge is 2.41. The van der Waals surface area contributed by atoms with Crippen molar-refractivity contribution in [3.63, 3.8) is 0 Å². The Morgan fingerprint density at radius 1 is 0.638 bits per heavy atom. The summed E-state index contributed by atoms with van der Waals surface area (Å²) in [4.78, 5) is 54.1. The molecule has 69 heavy (non-hydrogen) atoms. The number of amides is 2. The van der Waals surface area contributed by atoms with Gasteiger partial charge >= 0.3 is 17.6 Å². The Labute approximate surface area is 409 Å². The fraction of sp³-hybridized carbons (Fsp3) is 0.532. The van der Waals surface area contributed by atoms with Crippen molar-refractivity contribution in [2.24, 2.45) is 0 Å². The minimum atomic E-state index is -5.00. The molecule has 0 unspecified atom stereocenters. The maximum atomic E-state index is 14.2. The SMILES string of the molecule is CCO[Si](CCCNCC(=O)NCc1c(C)c(CNC(=O)CNCCC[Si](OCC)(OCC)OCC)c(C)c(Nc2cc(S(=O)(=O)O)c(N)c3c2C(=O)c2ccccc2C3=O)c1C)(OCC)OCC. The summed E-state index contributed by atoms with van der Waals surface area (Å²) in [5.74, 6) is -1.84. The van der Waals surface area contributed by atoms with Crippen LogP contribution < -0.4 is 32.3 Å². The molecule has 0 fully saturated rings. The van der Waals surface area contributed by atoms with Crippen LogP contribution in [-0.4, -0.2) is 120 Å². The van der Waals surface area contributed by atoms with Gasteiger partial charge in [-0.15, -0.1) is 0 Å². The largest absolute Gasteiger partial charge is 0.500 e. The van der Waals surface area contributed by atoms with Gasteiger partial charge < -0.3 is 58.9 Å². The minimum Gasteiger partial charge on any atom is -0.397 e. The Bertz CT molecular complexity index is 2290. The van der Waals surface area contributed by atoms with Crippen LogP contribution >= 0.6 is 0 Å². The topological polar surface area (TPSA) is 264 Å². The van der Waals surface area contributed by atoms with Crippen molar-refractivity contribution < 1.29 is 58.7 Å². The second-order valence-electron chi connectivity index (χ2n) is 16.2. The average Bonchev–Trinajstić information content (AvgIpc) is 3.29. The van der Waals surface area contributed by atoms with E-state index in [-0.39, 0.29) is 65.9 Å². The molecule has 22 heteroatoms. The Hall–Kier alpha value is -4.44. The minimum absolute atomic E-state index is 0.0110. The molecular weight excluding hydrogens is 945 g/mol. The molecule has 3 aromatic carbocycles. The van der Waals surface area contributed by atoms with E-state index in [1.54, 1.807) is 26.0 Å². The summed E-state index contributed by atoms with van der Waals surface area (Å²) in [6, 6.07) is 8.33. The van der Waals surface area contributed by atoms with Gasteiger partial charge in [-0.05, 0) is 122 Å². The number of benzene rings is 3. The smallest absolute Gasteiger partial charge is 0.397 e. The fourth-order valence-electron chi connectivity index (χ4n) is 8.55. The number of hydrogen-bond donors (Lipinski definition) is 7. The van der Waals surface area contributed by atoms with Crippen LogP contribution in [0.3, 0.4) is 0 Å². The summed E-state index contributed by atoms with van der Waals surface area (Å²) in [5, 5.41) is 15.6. The van der Waals surface area contributed by atoms with E-state index in [1.165, 1.54) is 12.1 Å². The van der Waals surface area contributed by atoms with Crippen molar-refractivity contribution in [2.75, 3.05) is 76.9 Å². The number of carbonyl (C=O) groups is 4. The molecule has 1 aliphatic rings. The molecule has 2 amide bonds. The summed E-state index contributed by atoms with van der Waals surface area (Å²) >= 11 is 0. The van der Waals surface area contributed by atoms with Gasteiger partial charge in [-0.3, -0.25) is 23.7 Å². The van der Waals surface area contributed by atoms with Gasteiger partial charge in [0, 0.05) is 81.6 Å². The van der Waals surface area contributed by atoms with Crippen molar-refractivity contribution in [3.05, 3.63) is 80.4 Å². The highest BCUT2D eigenvalue weighted by atomic mass is 32.2. The zero-order chi connectivity index (χ0) is 50.9. The number of nitrogens with one attached hydrogen (secondary N) is 5. The average molecular weight is 1020 g/mol. The van der Waals surface area contributed by atoms with Gasteiger partial charge in [-0.2, -0.15) is 8.42 Å². The first kappa shape index (κ1) is 57.1. The molecule has 0 aliphatic heterocycles. The number of ketones is 2. The van der Waals surface area contributed by atoms with Crippen LogP contribution in [0.15, 0.2) is 35.2 Å². The summed E-state index contributed by atoms with van der Waals surface area (Å²) < 4.78 is 71.5. The molecule has 0 radical (unpaired) electrons. The number of rotatable bonds is 31. The molecule has 0 bridgehead atoms. The zero-order valence-corrected chi connectivity index (χ0v) is 44.3. The van der Waals surface area contributed by atoms with Gasteiger partial charge in [0.1, 0.15) is 4.90 Å².